The highest BCUT2D eigenvalue weighted by molar-refractivity contribution is 8.04. The van der Waals surface area contributed by atoms with E-state index in [0.717, 1.165) is 31.2 Å². The molecular formula is C25H27ClN2O2S. The summed E-state index contributed by atoms with van der Waals surface area (Å²) in [5.41, 5.74) is 2.13. The molecule has 0 radical (unpaired) electrons. The minimum Gasteiger partial charge on any atom is -0.354 e. The topological polar surface area (TPSA) is 49.4 Å². The van der Waals surface area contributed by atoms with Crippen LogP contribution in [0.3, 0.4) is 0 Å². The first-order valence-electron chi connectivity index (χ1n) is 10.9. The Hall–Kier alpha value is -2.24. The summed E-state index contributed by atoms with van der Waals surface area (Å²) in [7, 11) is 0. The maximum atomic E-state index is 13.3. The fourth-order valence-corrected chi connectivity index (χ4v) is 5.87. The Kier molecular flexibility index (Phi) is 7.36. The molecule has 1 aliphatic heterocycles. The van der Waals surface area contributed by atoms with Crippen molar-refractivity contribution < 1.29 is 9.59 Å². The average Bonchev–Trinajstić information content (AvgIpc) is 2.79. The number of hydrogen-bond donors (Lipinski definition) is 1. The Balaban J connectivity index is 1.44. The molecule has 1 N–H and O–H groups in total. The molecule has 1 saturated carbocycles. The predicted molar refractivity (Wildman–Crippen MR) is 128 cm³/mol. The minimum absolute atomic E-state index is 0.0405. The third-order valence-electron chi connectivity index (χ3n) is 5.88. The molecule has 0 bridgehead atoms. The molecular weight excluding hydrogens is 428 g/mol. The number of fused-ring (bicyclic) bond motifs is 1. The number of nitrogens with one attached hydrogen (secondary N) is 1. The smallest absolute Gasteiger partial charge is 0.261 e. The molecule has 1 aliphatic carbocycles. The quantitative estimate of drug-likeness (QED) is 0.630. The number of thioether (sulfide) groups is 1. The van der Waals surface area contributed by atoms with Crippen molar-refractivity contribution >= 4 is 41.3 Å². The third kappa shape index (κ3) is 5.72. The van der Waals surface area contributed by atoms with E-state index in [1.165, 1.54) is 12.0 Å². The van der Waals surface area contributed by atoms with Crippen LogP contribution in [0.2, 0.25) is 5.02 Å². The minimum atomic E-state index is -0.0913. The predicted octanol–water partition coefficient (Wildman–Crippen LogP) is 4.93. The van der Waals surface area contributed by atoms with Crippen LogP contribution in [-0.4, -0.2) is 41.1 Å². The van der Waals surface area contributed by atoms with Crippen LogP contribution in [0.1, 0.15) is 36.8 Å². The number of carbonyl (C=O) groups excluding carboxylic acids is 2. The number of hydrogen-bond acceptors (Lipinski definition) is 3. The second kappa shape index (κ2) is 10.4. The van der Waals surface area contributed by atoms with E-state index in [1.54, 1.807) is 16.7 Å². The third-order valence-corrected chi connectivity index (χ3v) is 7.53. The highest BCUT2D eigenvalue weighted by Gasteiger charge is 2.41. The van der Waals surface area contributed by atoms with Crippen LogP contribution in [0.15, 0.2) is 59.5 Å². The zero-order chi connectivity index (χ0) is 21.6. The Morgan fingerprint density at radius 2 is 1.84 bits per heavy atom. The lowest BCUT2D eigenvalue weighted by atomic mass is 9.93. The summed E-state index contributed by atoms with van der Waals surface area (Å²) in [5.74, 6) is -0.132. The van der Waals surface area contributed by atoms with Crippen molar-refractivity contribution in [2.45, 2.75) is 43.4 Å². The van der Waals surface area contributed by atoms with Crippen molar-refractivity contribution in [2.24, 2.45) is 0 Å². The lowest BCUT2D eigenvalue weighted by Gasteiger charge is -2.43. The molecule has 4 nitrogen and oxygen atoms in total. The van der Waals surface area contributed by atoms with E-state index in [0.29, 0.717) is 21.7 Å². The average molecular weight is 455 g/mol. The van der Waals surface area contributed by atoms with Gasteiger partial charge in [-0.05, 0) is 48.6 Å². The maximum absolute atomic E-state index is 13.3. The van der Waals surface area contributed by atoms with Gasteiger partial charge in [0.25, 0.3) is 5.91 Å². The van der Waals surface area contributed by atoms with Crippen molar-refractivity contribution in [1.82, 2.24) is 10.2 Å². The summed E-state index contributed by atoms with van der Waals surface area (Å²) in [5, 5.41) is 4.01. The number of nitrogens with zero attached hydrogens (tertiary/aromatic N) is 1. The maximum Gasteiger partial charge on any atom is 0.261 e. The van der Waals surface area contributed by atoms with Gasteiger partial charge >= 0.3 is 0 Å². The van der Waals surface area contributed by atoms with Crippen LogP contribution in [-0.2, 0) is 16.0 Å². The molecule has 4 rings (SSSR count). The summed E-state index contributed by atoms with van der Waals surface area (Å²) >= 11 is 7.66. The normalized spacial score (nSPS) is 22.3. The van der Waals surface area contributed by atoms with E-state index in [2.05, 4.69) is 17.4 Å². The summed E-state index contributed by atoms with van der Waals surface area (Å²) in [6.07, 6.45) is 7.03. The molecule has 31 heavy (non-hydrogen) atoms. The van der Waals surface area contributed by atoms with Gasteiger partial charge < -0.3 is 10.2 Å². The summed E-state index contributed by atoms with van der Waals surface area (Å²) < 4.78 is 0. The van der Waals surface area contributed by atoms with Gasteiger partial charge in [-0.15, -0.1) is 11.8 Å². The second-order valence-corrected chi connectivity index (χ2v) is 9.80. The van der Waals surface area contributed by atoms with Crippen LogP contribution >= 0.6 is 23.4 Å². The zero-order valence-corrected chi connectivity index (χ0v) is 19.0. The lowest BCUT2D eigenvalue weighted by molar-refractivity contribution is -0.135. The Bertz CT molecular complexity index is 946. The number of rotatable bonds is 6. The highest BCUT2D eigenvalue weighted by atomic mass is 35.5. The van der Waals surface area contributed by atoms with Gasteiger partial charge in [0, 0.05) is 22.9 Å². The van der Waals surface area contributed by atoms with Crippen LogP contribution < -0.4 is 5.32 Å². The zero-order valence-electron chi connectivity index (χ0n) is 17.4. The number of carbonyl (C=O) groups is 2. The molecule has 2 aromatic rings. The van der Waals surface area contributed by atoms with Gasteiger partial charge in [0.05, 0.1) is 4.91 Å². The molecule has 2 aliphatic rings. The van der Waals surface area contributed by atoms with E-state index < -0.39 is 0 Å². The van der Waals surface area contributed by atoms with Crippen molar-refractivity contribution in [3.63, 3.8) is 0 Å². The Morgan fingerprint density at radius 1 is 1.10 bits per heavy atom. The van der Waals surface area contributed by atoms with Crippen molar-refractivity contribution in [3.8, 4) is 0 Å². The van der Waals surface area contributed by atoms with Crippen molar-refractivity contribution in [3.05, 3.63) is 75.7 Å². The number of halogens is 1. The largest absolute Gasteiger partial charge is 0.354 e. The number of benzene rings is 2. The second-order valence-electron chi connectivity index (χ2n) is 8.09. The first-order valence-corrected chi connectivity index (χ1v) is 12.1. The van der Waals surface area contributed by atoms with Gasteiger partial charge in [0.2, 0.25) is 5.91 Å². The Labute approximate surface area is 193 Å². The van der Waals surface area contributed by atoms with E-state index in [4.69, 9.17) is 11.6 Å². The lowest BCUT2D eigenvalue weighted by Crippen LogP contribution is -2.54. The molecule has 0 aromatic heterocycles. The van der Waals surface area contributed by atoms with Crippen LogP contribution in [0.5, 0.6) is 0 Å². The van der Waals surface area contributed by atoms with E-state index in [1.807, 2.05) is 48.5 Å². The first kappa shape index (κ1) is 22.0. The molecule has 0 spiro atoms. The fourth-order valence-electron chi connectivity index (χ4n) is 4.27. The van der Waals surface area contributed by atoms with E-state index in [9.17, 15) is 9.59 Å². The molecule has 162 valence electrons. The van der Waals surface area contributed by atoms with Crippen LogP contribution in [0.4, 0.5) is 0 Å². The molecule has 1 saturated heterocycles. The van der Waals surface area contributed by atoms with Gasteiger partial charge in [-0.1, -0.05) is 66.9 Å². The highest BCUT2D eigenvalue weighted by Crippen LogP contribution is 2.42. The molecule has 2 fully saturated rings. The van der Waals surface area contributed by atoms with E-state index in [-0.39, 0.29) is 24.4 Å². The van der Waals surface area contributed by atoms with Crippen molar-refractivity contribution in [2.75, 3.05) is 13.1 Å². The molecule has 1 heterocycles. The van der Waals surface area contributed by atoms with Crippen LogP contribution in [0.25, 0.3) is 6.08 Å². The Morgan fingerprint density at radius 3 is 2.61 bits per heavy atom. The van der Waals surface area contributed by atoms with Crippen molar-refractivity contribution in [1.29, 1.82) is 0 Å². The van der Waals surface area contributed by atoms with Gasteiger partial charge in [0.15, 0.2) is 0 Å². The molecule has 2 amide bonds. The first-order chi connectivity index (χ1) is 15.1. The van der Waals surface area contributed by atoms with Gasteiger partial charge in [-0.2, -0.15) is 0 Å². The molecule has 6 heteroatoms. The van der Waals surface area contributed by atoms with Gasteiger partial charge in [0.1, 0.15) is 6.54 Å². The van der Waals surface area contributed by atoms with Crippen LogP contribution in [0, 0.1) is 0 Å². The standard InChI is InChI=1S/C25H27ClN2O2S/c26-20-12-10-19(11-13-20)16-23-25(30)28(21-8-4-5-9-22(21)31-23)17-24(29)27-15-14-18-6-2-1-3-7-18/h1-3,6-7,10-13,16,21-22H,4-5,8-9,14-15,17H2,(H,27,29)/b23-16-. The monoisotopic (exact) mass is 454 g/mol. The molecule has 2 aromatic carbocycles. The fraction of sp³-hybridized carbons (Fsp3) is 0.360. The number of amides is 2. The molecule has 2 unspecified atom stereocenters. The van der Waals surface area contributed by atoms with Gasteiger partial charge in [-0.25, -0.2) is 0 Å². The summed E-state index contributed by atoms with van der Waals surface area (Å²) in [6, 6.07) is 17.7. The van der Waals surface area contributed by atoms with E-state index >= 15 is 0 Å². The van der Waals surface area contributed by atoms with Gasteiger partial charge in [-0.3, -0.25) is 9.59 Å². The summed E-state index contributed by atoms with van der Waals surface area (Å²) in [4.78, 5) is 28.5. The summed E-state index contributed by atoms with van der Waals surface area (Å²) in [6.45, 7) is 0.689. The molecule has 2 atom stereocenters. The SMILES string of the molecule is O=C(CN1C(=O)/C(=C/c2ccc(Cl)cc2)SC2CCCCC21)NCCc1ccccc1.